The summed E-state index contributed by atoms with van der Waals surface area (Å²) in [7, 11) is 0. The lowest BCUT2D eigenvalue weighted by Gasteiger charge is -2.18. The first-order chi connectivity index (χ1) is 20.1. The predicted molar refractivity (Wildman–Crippen MR) is 159 cm³/mol. The van der Waals surface area contributed by atoms with Crippen LogP contribution in [0.4, 0.5) is 17.1 Å². The molecule has 0 bridgehead atoms. The molecule has 5 N–H and O–H groups in total. The van der Waals surface area contributed by atoms with Crippen LogP contribution in [0.3, 0.4) is 0 Å². The second kappa shape index (κ2) is 13.3. The molecule has 4 aromatic carbocycles. The van der Waals surface area contributed by atoms with E-state index in [9.17, 15) is 29.1 Å². The highest BCUT2D eigenvalue weighted by Gasteiger charge is 2.23. The summed E-state index contributed by atoms with van der Waals surface area (Å²) >= 11 is 1.25. The van der Waals surface area contributed by atoms with E-state index in [0.717, 1.165) is 23.8 Å². The highest BCUT2D eigenvalue weighted by Crippen LogP contribution is 2.37. The van der Waals surface area contributed by atoms with Gasteiger partial charge in [-0.1, -0.05) is 36.4 Å². The minimum absolute atomic E-state index is 0.198. The Kier molecular flexibility index (Phi) is 9.35. The molecule has 0 spiro atoms. The lowest BCUT2D eigenvalue weighted by atomic mass is 10.0. The average Bonchev–Trinajstić information content (AvgIpc) is 2.97. The highest BCUT2D eigenvalue weighted by molar-refractivity contribution is 8.00. The molecule has 0 aromatic heterocycles. The number of hydrogen-bond donors (Lipinski definition) is 5. The molecule has 3 amide bonds. The summed E-state index contributed by atoms with van der Waals surface area (Å²) < 4.78 is 0. The molecule has 42 heavy (non-hydrogen) atoms. The van der Waals surface area contributed by atoms with Crippen molar-refractivity contribution >= 4 is 58.5 Å². The fourth-order valence-electron chi connectivity index (χ4n) is 3.98. The number of carboxylic acids is 2. The maximum Gasteiger partial charge on any atom is 0.336 e. The first kappa shape index (κ1) is 29.6. The van der Waals surface area contributed by atoms with Crippen molar-refractivity contribution in [1.29, 1.82) is 0 Å². The largest absolute Gasteiger partial charge is 0.478 e. The van der Waals surface area contributed by atoms with Gasteiger partial charge >= 0.3 is 11.9 Å². The van der Waals surface area contributed by atoms with E-state index >= 15 is 0 Å². The standard InChI is InChI=1S/C31H25N3O7S/c1-18(35)32-21-11-13-22(14-12-21)33-29(37)27(19-6-3-2-4-7-19)42-24-9-5-8-23(17-24)34-28(36)25-15-10-20(30(38)39)16-26(25)31(40)41/h2-17,27H,1H3,(H,32,35)(H,33,37)(H,34,36)(H,38,39)(H,40,41). The van der Waals surface area contributed by atoms with Crippen LogP contribution in [0.25, 0.3) is 0 Å². The summed E-state index contributed by atoms with van der Waals surface area (Å²) in [4.78, 5) is 61.2. The van der Waals surface area contributed by atoms with Crippen molar-refractivity contribution in [3.8, 4) is 0 Å². The Hall–Kier alpha value is -5.42. The van der Waals surface area contributed by atoms with E-state index in [1.807, 2.05) is 30.3 Å². The number of anilines is 3. The zero-order chi connectivity index (χ0) is 30.2. The van der Waals surface area contributed by atoms with Crippen LogP contribution in [0.15, 0.2) is 102 Å². The predicted octanol–water partition coefficient (Wildman–Crippen LogP) is 5.77. The van der Waals surface area contributed by atoms with Crippen LogP contribution in [-0.2, 0) is 9.59 Å². The molecular weight excluding hydrogens is 558 g/mol. The van der Waals surface area contributed by atoms with Crippen LogP contribution in [-0.4, -0.2) is 39.9 Å². The fourth-order valence-corrected chi connectivity index (χ4v) is 5.07. The van der Waals surface area contributed by atoms with Crippen molar-refractivity contribution in [3.05, 3.63) is 119 Å². The van der Waals surface area contributed by atoms with Gasteiger partial charge in [0.25, 0.3) is 5.91 Å². The van der Waals surface area contributed by atoms with E-state index < -0.39 is 28.7 Å². The SMILES string of the molecule is CC(=O)Nc1ccc(NC(=O)C(Sc2cccc(NC(=O)c3ccc(C(=O)O)cc3C(=O)O)c2)c2ccccc2)cc1. The minimum Gasteiger partial charge on any atom is -0.478 e. The summed E-state index contributed by atoms with van der Waals surface area (Å²) in [5.41, 5.74) is 1.34. The van der Waals surface area contributed by atoms with Crippen LogP contribution in [0.5, 0.6) is 0 Å². The highest BCUT2D eigenvalue weighted by atomic mass is 32.2. The minimum atomic E-state index is -1.44. The third-order valence-corrected chi connectivity index (χ3v) is 7.15. The molecule has 0 aliphatic carbocycles. The number of nitrogens with one attached hydrogen (secondary N) is 3. The van der Waals surface area contributed by atoms with Gasteiger partial charge in [0.15, 0.2) is 0 Å². The molecule has 4 rings (SSSR count). The maximum atomic E-state index is 13.4. The summed E-state index contributed by atoms with van der Waals surface area (Å²) in [5, 5.41) is 26.2. The topological polar surface area (TPSA) is 162 Å². The third-order valence-electron chi connectivity index (χ3n) is 5.90. The molecule has 10 nitrogen and oxygen atoms in total. The van der Waals surface area contributed by atoms with Gasteiger partial charge in [0.1, 0.15) is 5.25 Å². The van der Waals surface area contributed by atoms with Gasteiger partial charge < -0.3 is 26.2 Å². The smallest absolute Gasteiger partial charge is 0.336 e. The first-order valence-corrected chi connectivity index (χ1v) is 13.4. The van der Waals surface area contributed by atoms with E-state index in [-0.39, 0.29) is 22.9 Å². The zero-order valence-electron chi connectivity index (χ0n) is 22.2. The number of hydrogen-bond acceptors (Lipinski definition) is 6. The van der Waals surface area contributed by atoms with Gasteiger partial charge in [-0.25, -0.2) is 9.59 Å². The zero-order valence-corrected chi connectivity index (χ0v) is 23.0. The number of carboxylic acid groups (broad SMARTS) is 2. The average molecular weight is 584 g/mol. The van der Waals surface area contributed by atoms with Crippen LogP contribution < -0.4 is 16.0 Å². The van der Waals surface area contributed by atoms with Crippen molar-refractivity contribution in [1.82, 2.24) is 0 Å². The second-order valence-corrected chi connectivity index (χ2v) is 10.2. The Morgan fingerprint density at radius 1 is 0.643 bits per heavy atom. The Balaban J connectivity index is 1.54. The molecule has 0 saturated carbocycles. The van der Waals surface area contributed by atoms with Gasteiger partial charge in [-0.05, 0) is 66.2 Å². The molecule has 11 heteroatoms. The summed E-state index contributed by atoms with van der Waals surface area (Å²) in [6, 6.07) is 25.8. The number of benzene rings is 4. The molecule has 0 aliphatic rings. The van der Waals surface area contributed by atoms with E-state index in [1.54, 1.807) is 48.5 Å². The molecule has 0 fully saturated rings. The lowest BCUT2D eigenvalue weighted by molar-refractivity contribution is -0.116. The summed E-state index contributed by atoms with van der Waals surface area (Å²) in [6.07, 6.45) is 0. The second-order valence-electron chi connectivity index (χ2n) is 9.01. The van der Waals surface area contributed by atoms with Crippen molar-refractivity contribution in [2.45, 2.75) is 17.1 Å². The van der Waals surface area contributed by atoms with Crippen molar-refractivity contribution in [2.75, 3.05) is 16.0 Å². The Morgan fingerprint density at radius 3 is 1.93 bits per heavy atom. The van der Waals surface area contributed by atoms with Crippen molar-refractivity contribution in [3.63, 3.8) is 0 Å². The quantitative estimate of drug-likeness (QED) is 0.147. The number of amides is 3. The molecule has 0 saturated heterocycles. The van der Waals surface area contributed by atoms with Gasteiger partial charge in [-0.2, -0.15) is 0 Å². The number of carbonyl (C=O) groups is 5. The third kappa shape index (κ3) is 7.61. The normalized spacial score (nSPS) is 11.2. The number of rotatable bonds is 10. The van der Waals surface area contributed by atoms with E-state index in [4.69, 9.17) is 5.11 Å². The molecular formula is C31H25N3O7S. The van der Waals surface area contributed by atoms with Gasteiger partial charge in [0.2, 0.25) is 11.8 Å². The maximum absolute atomic E-state index is 13.4. The number of thioether (sulfide) groups is 1. The summed E-state index contributed by atoms with van der Waals surface area (Å²) in [5.74, 6) is -3.98. The van der Waals surface area contributed by atoms with Gasteiger partial charge in [-0.3, -0.25) is 14.4 Å². The molecule has 212 valence electrons. The first-order valence-electron chi connectivity index (χ1n) is 12.5. The molecule has 0 heterocycles. The van der Waals surface area contributed by atoms with Crippen LogP contribution in [0.1, 0.15) is 48.8 Å². The Bertz CT molecular complexity index is 1660. The molecule has 4 aromatic rings. The van der Waals surface area contributed by atoms with Gasteiger partial charge in [0.05, 0.1) is 16.7 Å². The lowest BCUT2D eigenvalue weighted by Crippen LogP contribution is -2.19. The Labute approximate surface area is 244 Å². The van der Waals surface area contributed by atoms with Crippen LogP contribution in [0, 0.1) is 0 Å². The van der Waals surface area contributed by atoms with Crippen LogP contribution in [0.2, 0.25) is 0 Å². The Morgan fingerprint density at radius 2 is 1.31 bits per heavy atom. The molecule has 1 atom stereocenters. The molecule has 0 radical (unpaired) electrons. The van der Waals surface area contributed by atoms with Crippen molar-refractivity contribution in [2.24, 2.45) is 0 Å². The fraction of sp³-hybridized carbons (Fsp3) is 0.0645. The van der Waals surface area contributed by atoms with Gasteiger partial charge in [-0.15, -0.1) is 11.8 Å². The van der Waals surface area contributed by atoms with E-state index in [2.05, 4.69) is 16.0 Å². The van der Waals surface area contributed by atoms with Crippen molar-refractivity contribution < 1.29 is 34.2 Å². The summed E-state index contributed by atoms with van der Waals surface area (Å²) in [6.45, 7) is 1.41. The number of carbonyl (C=O) groups excluding carboxylic acids is 3. The number of aromatic carboxylic acids is 2. The van der Waals surface area contributed by atoms with E-state index in [1.165, 1.54) is 18.7 Å². The molecule has 1 unspecified atom stereocenters. The van der Waals surface area contributed by atoms with Crippen LogP contribution >= 0.6 is 11.8 Å². The monoisotopic (exact) mass is 583 g/mol. The van der Waals surface area contributed by atoms with E-state index in [0.29, 0.717) is 22.0 Å². The molecule has 0 aliphatic heterocycles. The van der Waals surface area contributed by atoms with Gasteiger partial charge in [0, 0.05) is 28.9 Å².